The molecule has 1 aliphatic rings. The summed E-state index contributed by atoms with van der Waals surface area (Å²) in [5, 5.41) is 14.8. The molecule has 104 valence electrons. The summed E-state index contributed by atoms with van der Waals surface area (Å²) in [6.45, 7) is 6.95. The van der Waals surface area contributed by atoms with E-state index in [-0.39, 0.29) is 17.9 Å². The first kappa shape index (κ1) is 14.9. The van der Waals surface area contributed by atoms with Crippen molar-refractivity contribution in [2.45, 2.75) is 32.9 Å². The van der Waals surface area contributed by atoms with Gasteiger partial charge in [-0.05, 0) is 20.4 Å². The van der Waals surface area contributed by atoms with E-state index in [0.717, 1.165) is 6.54 Å². The molecule has 1 aliphatic heterocycles. The van der Waals surface area contributed by atoms with Crippen LogP contribution in [-0.4, -0.2) is 48.8 Å². The Morgan fingerprint density at radius 1 is 1.39 bits per heavy atom. The van der Waals surface area contributed by atoms with Crippen LogP contribution in [-0.2, 0) is 14.3 Å². The Balaban J connectivity index is 2.51. The first-order valence-electron chi connectivity index (χ1n) is 6.31. The fourth-order valence-corrected chi connectivity index (χ4v) is 1.95. The minimum absolute atomic E-state index is 0.0161. The van der Waals surface area contributed by atoms with Crippen LogP contribution >= 0.6 is 0 Å². The summed E-state index contributed by atoms with van der Waals surface area (Å²) in [4.78, 5) is 22.9. The highest BCUT2D eigenvalue weighted by atomic mass is 16.5. The zero-order valence-electron chi connectivity index (χ0n) is 11.1. The Bertz CT molecular complexity index is 308. The van der Waals surface area contributed by atoms with Gasteiger partial charge in [0.1, 0.15) is 0 Å². The summed E-state index contributed by atoms with van der Waals surface area (Å²) < 4.78 is 5.29. The Labute approximate surface area is 107 Å². The minimum Gasteiger partial charge on any atom is -0.481 e. The zero-order valence-corrected chi connectivity index (χ0v) is 11.1. The molecule has 4 unspecified atom stereocenters. The average Bonchev–Trinajstić information content (AvgIpc) is 2.76. The summed E-state index contributed by atoms with van der Waals surface area (Å²) >= 11 is 0. The van der Waals surface area contributed by atoms with Gasteiger partial charge >= 0.3 is 5.97 Å². The monoisotopic (exact) mass is 258 g/mol. The number of aliphatic carboxylic acids is 1. The van der Waals surface area contributed by atoms with Gasteiger partial charge in [-0.2, -0.15) is 0 Å². The second kappa shape index (κ2) is 6.70. The maximum absolute atomic E-state index is 12.0. The van der Waals surface area contributed by atoms with Crippen LogP contribution in [0.15, 0.2) is 0 Å². The molecule has 0 aromatic heterocycles. The van der Waals surface area contributed by atoms with Gasteiger partial charge in [0.2, 0.25) is 5.91 Å². The summed E-state index contributed by atoms with van der Waals surface area (Å²) in [5.74, 6) is -1.89. The number of carbonyl (C=O) groups is 2. The number of likely N-dealkylation sites (N-methyl/N-ethyl adjacent to an activating group) is 1. The van der Waals surface area contributed by atoms with E-state index in [9.17, 15) is 9.59 Å². The number of hydrogen-bond acceptors (Lipinski definition) is 4. The molecule has 0 radical (unpaired) electrons. The smallest absolute Gasteiger partial charge is 0.308 e. The number of carboxylic acid groups (broad SMARTS) is 1. The largest absolute Gasteiger partial charge is 0.481 e. The van der Waals surface area contributed by atoms with Gasteiger partial charge in [0.15, 0.2) is 0 Å². The van der Waals surface area contributed by atoms with Crippen molar-refractivity contribution in [1.82, 2.24) is 10.6 Å². The van der Waals surface area contributed by atoms with Crippen molar-refractivity contribution in [2.75, 3.05) is 19.8 Å². The number of amides is 1. The molecule has 1 rings (SSSR count). The fraction of sp³-hybridized carbons (Fsp3) is 0.833. The second-order valence-electron chi connectivity index (χ2n) is 4.73. The molecular formula is C12H22N2O4. The maximum Gasteiger partial charge on any atom is 0.308 e. The normalized spacial score (nSPS) is 26.6. The average molecular weight is 258 g/mol. The summed E-state index contributed by atoms with van der Waals surface area (Å²) in [6.07, 6.45) is 0. The maximum atomic E-state index is 12.0. The number of carbonyl (C=O) groups excluding carboxylic acids is 1. The first-order chi connectivity index (χ1) is 8.47. The molecule has 0 saturated carbocycles. The van der Waals surface area contributed by atoms with E-state index >= 15 is 0 Å². The second-order valence-corrected chi connectivity index (χ2v) is 4.73. The lowest BCUT2D eigenvalue weighted by Gasteiger charge is -2.22. The Morgan fingerprint density at radius 3 is 2.61 bits per heavy atom. The van der Waals surface area contributed by atoms with Crippen LogP contribution in [0.5, 0.6) is 0 Å². The van der Waals surface area contributed by atoms with E-state index in [1.165, 1.54) is 0 Å². The van der Waals surface area contributed by atoms with Crippen LogP contribution in [0.2, 0.25) is 0 Å². The van der Waals surface area contributed by atoms with Gasteiger partial charge in [0.25, 0.3) is 0 Å². The van der Waals surface area contributed by atoms with Crippen LogP contribution in [0.3, 0.4) is 0 Å². The van der Waals surface area contributed by atoms with E-state index in [4.69, 9.17) is 9.84 Å². The number of nitrogens with one attached hydrogen (secondary N) is 2. The summed E-state index contributed by atoms with van der Waals surface area (Å²) in [7, 11) is 0. The summed E-state index contributed by atoms with van der Waals surface area (Å²) in [6, 6.07) is -0.375. The molecule has 6 nitrogen and oxygen atoms in total. The van der Waals surface area contributed by atoms with Crippen LogP contribution in [0, 0.1) is 11.8 Å². The fourth-order valence-electron chi connectivity index (χ4n) is 1.95. The molecular weight excluding hydrogens is 236 g/mol. The topological polar surface area (TPSA) is 87.7 Å². The summed E-state index contributed by atoms with van der Waals surface area (Å²) in [5.41, 5.74) is 0. The predicted molar refractivity (Wildman–Crippen MR) is 66.2 cm³/mol. The van der Waals surface area contributed by atoms with Crippen molar-refractivity contribution in [3.05, 3.63) is 0 Å². The van der Waals surface area contributed by atoms with E-state index in [2.05, 4.69) is 10.6 Å². The van der Waals surface area contributed by atoms with E-state index in [1.54, 1.807) is 13.8 Å². The molecule has 0 aromatic carbocycles. The lowest BCUT2D eigenvalue weighted by Crippen LogP contribution is -2.48. The molecule has 0 spiro atoms. The van der Waals surface area contributed by atoms with Gasteiger partial charge in [-0.3, -0.25) is 9.59 Å². The van der Waals surface area contributed by atoms with Crippen molar-refractivity contribution in [1.29, 1.82) is 0 Å². The number of hydrogen-bond donors (Lipinski definition) is 3. The molecule has 18 heavy (non-hydrogen) atoms. The third-order valence-corrected chi connectivity index (χ3v) is 3.39. The van der Waals surface area contributed by atoms with Crippen molar-refractivity contribution >= 4 is 11.9 Å². The third-order valence-electron chi connectivity index (χ3n) is 3.39. The standard InChI is InChI=1S/C12H22N2O4/c1-4-13-10-6-18-5-9(10)11(15)14-8(3)7(2)12(16)17/h7-10,13H,4-6H2,1-3H3,(H,14,15)(H,16,17). The lowest BCUT2D eigenvalue weighted by atomic mass is 9.99. The quantitative estimate of drug-likeness (QED) is 0.616. The Hall–Kier alpha value is -1.14. The van der Waals surface area contributed by atoms with E-state index in [0.29, 0.717) is 13.2 Å². The van der Waals surface area contributed by atoms with Gasteiger partial charge in [0, 0.05) is 12.1 Å². The first-order valence-corrected chi connectivity index (χ1v) is 6.31. The van der Waals surface area contributed by atoms with Crippen molar-refractivity contribution < 1.29 is 19.4 Å². The third kappa shape index (κ3) is 3.68. The van der Waals surface area contributed by atoms with Crippen molar-refractivity contribution in [2.24, 2.45) is 11.8 Å². The van der Waals surface area contributed by atoms with Crippen LogP contribution in [0.1, 0.15) is 20.8 Å². The number of ether oxygens (including phenoxy) is 1. The Morgan fingerprint density at radius 2 is 2.06 bits per heavy atom. The molecule has 1 fully saturated rings. The lowest BCUT2D eigenvalue weighted by molar-refractivity contribution is -0.142. The van der Waals surface area contributed by atoms with Crippen LogP contribution in [0.25, 0.3) is 0 Å². The highest BCUT2D eigenvalue weighted by Gasteiger charge is 2.34. The van der Waals surface area contributed by atoms with Gasteiger partial charge in [-0.15, -0.1) is 0 Å². The molecule has 1 heterocycles. The van der Waals surface area contributed by atoms with Crippen LogP contribution < -0.4 is 10.6 Å². The van der Waals surface area contributed by atoms with Gasteiger partial charge < -0.3 is 20.5 Å². The zero-order chi connectivity index (χ0) is 13.7. The molecule has 0 aromatic rings. The van der Waals surface area contributed by atoms with E-state index in [1.807, 2.05) is 6.92 Å². The van der Waals surface area contributed by atoms with E-state index < -0.39 is 17.9 Å². The molecule has 0 bridgehead atoms. The Kier molecular flexibility index (Phi) is 5.55. The molecule has 6 heteroatoms. The highest BCUT2D eigenvalue weighted by molar-refractivity contribution is 5.81. The van der Waals surface area contributed by atoms with Gasteiger partial charge in [-0.25, -0.2) is 0 Å². The SMILES string of the molecule is CCNC1COCC1C(=O)NC(C)C(C)C(=O)O. The molecule has 1 amide bonds. The molecule has 3 N–H and O–H groups in total. The molecule has 0 aliphatic carbocycles. The van der Waals surface area contributed by atoms with Crippen molar-refractivity contribution in [3.63, 3.8) is 0 Å². The predicted octanol–water partition coefficient (Wildman–Crippen LogP) is -0.164. The molecule has 4 atom stereocenters. The van der Waals surface area contributed by atoms with Gasteiger partial charge in [-0.1, -0.05) is 6.92 Å². The number of carboxylic acids is 1. The number of rotatable bonds is 6. The minimum atomic E-state index is -0.909. The van der Waals surface area contributed by atoms with Crippen LogP contribution in [0.4, 0.5) is 0 Å². The van der Waals surface area contributed by atoms with Gasteiger partial charge in [0.05, 0.1) is 25.0 Å². The highest BCUT2D eigenvalue weighted by Crippen LogP contribution is 2.15. The molecule has 1 saturated heterocycles. The van der Waals surface area contributed by atoms with Crippen molar-refractivity contribution in [3.8, 4) is 0 Å².